The summed E-state index contributed by atoms with van der Waals surface area (Å²) >= 11 is 3.37. The quantitative estimate of drug-likeness (QED) is 0.878. The van der Waals surface area contributed by atoms with Crippen molar-refractivity contribution in [1.29, 1.82) is 0 Å². The summed E-state index contributed by atoms with van der Waals surface area (Å²) in [4.78, 5) is 17.9. The predicted molar refractivity (Wildman–Crippen MR) is 77.7 cm³/mol. The van der Waals surface area contributed by atoms with E-state index in [-0.39, 0.29) is 5.91 Å². The van der Waals surface area contributed by atoms with Gasteiger partial charge in [-0.1, -0.05) is 0 Å². The first kappa shape index (κ1) is 15.0. The number of amides is 1. The van der Waals surface area contributed by atoms with Crippen LogP contribution in [-0.4, -0.2) is 35.4 Å². The molecule has 4 nitrogen and oxygen atoms in total. The van der Waals surface area contributed by atoms with Crippen molar-refractivity contribution in [2.45, 2.75) is 27.2 Å². The van der Waals surface area contributed by atoms with Crippen molar-refractivity contribution in [2.24, 2.45) is 0 Å². The van der Waals surface area contributed by atoms with Crippen LogP contribution in [0.1, 0.15) is 25.8 Å². The number of carbonyl (C=O) groups is 1. The van der Waals surface area contributed by atoms with Crippen LogP contribution in [0.25, 0.3) is 0 Å². The molecular weight excluding hydrogens is 294 g/mol. The van der Waals surface area contributed by atoms with Crippen molar-refractivity contribution >= 4 is 27.7 Å². The molecule has 1 amide bonds. The third-order valence-corrected chi connectivity index (χ3v) is 3.23. The van der Waals surface area contributed by atoms with Crippen molar-refractivity contribution in [3.05, 3.63) is 22.3 Å². The number of hydrogen-bond donors (Lipinski definition) is 1. The van der Waals surface area contributed by atoms with E-state index in [1.807, 2.05) is 31.7 Å². The molecule has 100 valence electrons. The molecule has 0 aliphatic carbocycles. The van der Waals surface area contributed by atoms with Crippen LogP contribution in [0.3, 0.4) is 0 Å². The van der Waals surface area contributed by atoms with Gasteiger partial charge in [-0.3, -0.25) is 4.79 Å². The Morgan fingerprint density at radius 2 is 2.11 bits per heavy atom. The molecule has 0 saturated carbocycles. The summed E-state index contributed by atoms with van der Waals surface area (Å²) in [5.41, 5.74) is 1.07. The van der Waals surface area contributed by atoms with E-state index in [0.29, 0.717) is 13.0 Å². The zero-order chi connectivity index (χ0) is 13.5. The van der Waals surface area contributed by atoms with Crippen LogP contribution in [0.15, 0.2) is 16.7 Å². The van der Waals surface area contributed by atoms with Crippen molar-refractivity contribution in [3.8, 4) is 0 Å². The lowest BCUT2D eigenvalue weighted by molar-refractivity contribution is -0.130. The van der Waals surface area contributed by atoms with Crippen LogP contribution in [0.4, 0.5) is 5.82 Å². The van der Waals surface area contributed by atoms with E-state index in [1.165, 1.54) is 0 Å². The lowest BCUT2D eigenvalue weighted by atomic mass is 10.3. The first-order chi connectivity index (χ1) is 8.58. The van der Waals surface area contributed by atoms with Crippen LogP contribution >= 0.6 is 15.9 Å². The first-order valence-electron chi connectivity index (χ1n) is 6.22. The summed E-state index contributed by atoms with van der Waals surface area (Å²) < 4.78 is 0.963. The highest BCUT2D eigenvalue weighted by Crippen LogP contribution is 2.16. The summed E-state index contributed by atoms with van der Waals surface area (Å²) in [6.07, 6.45) is 2.25. The Bertz CT molecular complexity index is 405. The average molecular weight is 314 g/mol. The Morgan fingerprint density at radius 1 is 1.44 bits per heavy atom. The number of rotatable bonds is 6. The van der Waals surface area contributed by atoms with Crippen LogP contribution in [0.5, 0.6) is 0 Å². The van der Waals surface area contributed by atoms with Gasteiger partial charge in [0.2, 0.25) is 5.91 Å². The zero-order valence-electron chi connectivity index (χ0n) is 11.2. The molecule has 0 saturated heterocycles. The van der Waals surface area contributed by atoms with Gasteiger partial charge in [-0.2, -0.15) is 0 Å². The molecular formula is C13H20BrN3O. The maximum atomic E-state index is 11.8. The van der Waals surface area contributed by atoms with Crippen LogP contribution in [0.2, 0.25) is 0 Å². The number of nitrogens with one attached hydrogen (secondary N) is 1. The molecule has 0 unspecified atom stereocenters. The highest BCUT2D eigenvalue weighted by molar-refractivity contribution is 9.10. The molecule has 0 aliphatic heterocycles. The number of nitrogens with zero attached hydrogens (tertiary/aromatic N) is 2. The Kier molecular flexibility index (Phi) is 6.12. The number of halogens is 1. The second-order valence-electron chi connectivity index (χ2n) is 4.06. The highest BCUT2D eigenvalue weighted by atomic mass is 79.9. The lowest BCUT2D eigenvalue weighted by Gasteiger charge is -2.18. The van der Waals surface area contributed by atoms with E-state index < -0.39 is 0 Å². The monoisotopic (exact) mass is 313 g/mol. The molecule has 1 rings (SSSR count). The van der Waals surface area contributed by atoms with Gasteiger partial charge < -0.3 is 10.2 Å². The molecule has 18 heavy (non-hydrogen) atoms. The fraction of sp³-hybridized carbons (Fsp3) is 0.538. The third kappa shape index (κ3) is 4.29. The number of aryl methyl sites for hydroxylation is 1. The van der Waals surface area contributed by atoms with Crippen LogP contribution < -0.4 is 5.32 Å². The SMILES string of the molecule is CCN(CC)C(=O)CCNc1ncc(Br)cc1C. The summed E-state index contributed by atoms with van der Waals surface area (Å²) in [7, 11) is 0. The number of carbonyl (C=O) groups excluding carboxylic acids is 1. The molecule has 1 N–H and O–H groups in total. The summed E-state index contributed by atoms with van der Waals surface area (Å²) in [5, 5.41) is 3.19. The average Bonchev–Trinajstić information content (AvgIpc) is 2.33. The van der Waals surface area contributed by atoms with Gasteiger partial charge >= 0.3 is 0 Å². The molecule has 1 aromatic rings. The second-order valence-corrected chi connectivity index (χ2v) is 4.98. The molecule has 5 heteroatoms. The minimum atomic E-state index is 0.183. The maximum Gasteiger partial charge on any atom is 0.224 e. The van der Waals surface area contributed by atoms with Crippen molar-refractivity contribution in [2.75, 3.05) is 25.0 Å². The normalized spacial score (nSPS) is 10.2. The number of pyridine rings is 1. The van der Waals surface area contributed by atoms with Crippen molar-refractivity contribution < 1.29 is 4.79 Å². The molecule has 0 aliphatic rings. The van der Waals surface area contributed by atoms with Gasteiger partial charge in [0.15, 0.2) is 0 Å². The molecule has 0 bridgehead atoms. The topological polar surface area (TPSA) is 45.2 Å². The van der Waals surface area contributed by atoms with E-state index in [0.717, 1.165) is 28.9 Å². The highest BCUT2D eigenvalue weighted by Gasteiger charge is 2.09. The standard InChI is InChI=1S/C13H20BrN3O/c1-4-17(5-2)12(18)6-7-15-13-10(3)8-11(14)9-16-13/h8-9H,4-7H2,1-3H3,(H,15,16). The lowest BCUT2D eigenvalue weighted by Crippen LogP contribution is -2.31. The van der Waals surface area contributed by atoms with E-state index in [4.69, 9.17) is 0 Å². The minimum absolute atomic E-state index is 0.183. The van der Waals surface area contributed by atoms with Gasteiger partial charge in [-0.25, -0.2) is 4.98 Å². The Hall–Kier alpha value is -1.10. The first-order valence-corrected chi connectivity index (χ1v) is 7.01. The van der Waals surface area contributed by atoms with E-state index >= 15 is 0 Å². The summed E-state index contributed by atoms with van der Waals surface area (Å²) in [5.74, 6) is 1.02. The third-order valence-electron chi connectivity index (χ3n) is 2.79. The number of aromatic nitrogens is 1. The Labute approximate surface area is 117 Å². The molecule has 0 fully saturated rings. The maximum absolute atomic E-state index is 11.8. The molecule has 0 spiro atoms. The minimum Gasteiger partial charge on any atom is -0.369 e. The molecule has 1 aromatic heterocycles. The molecule has 0 aromatic carbocycles. The fourth-order valence-electron chi connectivity index (χ4n) is 1.75. The second kappa shape index (κ2) is 7.36. The molecule has 1 heterocycles. The molecule has 0 atom stereocenters. The van der Waals surface area contributed by atoms with E-state index in [9.17, 15) is 4.79 Å². The van der Waals surface area contributed by atoms with Crippen molar-refractivity contribution in [1.82, 2.24) is 9.88 Å². The predicted octanol–water partition coefficient (Wildman–Crippen LogP) is 2.82. The zero-order valence-corrected chi connectivity index (χ0v) is 12.7. The largest absolute Gasteiger partial charge is 0.369 e. The Balaban J connectivity index is 2.44. The van der Waals surface area contributed by atoms with Gasteiger partial charge in [0, 0.05) is 36.7 Å². The van der Waals surface area contributed by atoms with Crippen LogP contribution in [0, 0.1) is 6.92 Å². The van der Waals surface area contributed by atoms with E-state index in [2.05, 4.69) is 26.2 Å². The van der Waals surface area contributed by atoms with Gasteiger partial charge in [0.25, 0.3) is 0 Å². The van der Waals surface area contributed by atoms with Gasteiger partial charge in [-0.05, 0) is 48.3 Å². The van der Waals surface area contributed by atoms with E-state index in [1.54, 1.807) is 6.20 Å². The van der Waals surface area contributed by atoms with Gasteiger partial charge in [-0.15, -0.1) is 0 Å². The van der Waals surface area contributed by atoms with Crippen LogP contribution in [-0.2, 0) is 4.79 Å². The number of anilines is 1. The summed E-state index contributed by atoms with van der Waals surface area (Å²) in [6, 6.07) is 2.00. The van der Waals surface area contributed by atoms with Gasteiger partial charge in [0.1, 0.15) is 5.82 Å². The molecule has 0 radical (unpaired) electrons. The smallest absolute Gasteiger partial charge is 0.224 e. The Morgan fingerprint density at radius 3 is 2.67 bits per heavy atom. The number of hydrogen-bond acceptors (Lipinski definition) is 3. The summed E-state index contributed by atoms with van der Waals surface area (Å²) in [6.45, 7) is 8.14. The fourth-order valence-corrected chi connectivity index (χ4v) is 2.19. The van der Waals surface area contributed by atoms with Gasteiger partial charge in [0.05, 0.1) is 0 Å². The van der Waals surface area contributed by atoms with Crippen molar-refractivity contribution in [3.63, 3.8) is 0 Å².